The van der Waals surface area contributed by atoms with E-state index in [9.17, 15) is 4.79 Å². The van der Waals surface area contributed by atoms with E-state index in [1.807, 2.05) is 16.7 Å². The summed E-state index contributed by atoms with van der Waals surface area (Å²) in [6.07, 6.45) is -0.360. The van der Waals surface area contributed by atoms with Gasteiger partial charge in [-0.2, -0.15) is 0 Å². The Morgan fingerprint density at radius 3 is 2.95 bits per heavy atom. The predicted octanol–water partition coefficient (Wildman–Crippen LogP) is 1.91. The summed E-state index contributed by atoms with van der Waals surface area (Å²) in [5, 5.41) is 8.81. The lowest BCUT2D eigenvalue weighted by atomic mass is 10.2. The summed E-state index contributed by atoms with van der Waals surface area (Å²) in [5.41, 5.74) is 0.817. The molecule has 2 aromatic rings. The molecule has 0 saturated carbocycles. The molecule has 22 heavy (non-hydrogen) atoms. The maximum absolute atomic E-state index is 11.5. The number of hydrogen-bond acceptors (Lipinski definition) is 4. The van der Waals surface area contributed by atoms with Gasteiger partial charge in [0, 0.05) is 23.7 Å². The molecule has 1 aromatic heterocycles. The van der Waals surface area contributed by atoms with Crippen molar-refractivity contribution < 1.29 is 9.53 Å². The minimum absolute atomic E-state index is 0.360. The van der Waals surface area contributed by atoms with Crippen LogP contribution in [0.2, 0.25) is 5.02 Å². The molecule has 1 aliphatic rings. The summed E-state index contributed by atoms with van der Waals surface area (Å²) in [7, 11) is 1.36. The molecular formula is C15H13ClN4O2. The summed E-state index contributed by atoms with van der Waals surface area (Å²) in [4.78, 5) is 13.1. The van der Waals surface area contributed by atoms with Gasteiger partial charge in [0.15, 0.2) is 5.82 Å². The van der Waals surface area contributed by atoms with Gasteiger partial charge in [-0.05, 0) is 24.1 Å². The molecule has 7 heteroatoms. The van der Waals surface area contributed by atoms with Crippen LogP contribution < -0.4 is 0 Å². The number of halogens is 1. The van der Waals surface area contributed by atoms with Crippen LogP contribution in [0.5, 0.6) is 0 Å². The van der Waals surface area contributed by atoms with E-state index in [0.29, 0.717) is 36.3 Å². The van der Waals surface area contributed by atoms with Crippen LogP contribution in [0, 0.1) is 11.8 Å². The number of methoxy groups -OCH3 is 1. The molecule has 0 spiro atoms. The van der Waals surface area contributed by atoms with Crippen molar-refractivity contribution in [1.29, 1.82) is 0 Å². The van der Waals surface area contributed by atoms with Gasteiger partial charge in [0.1, 0.15) is 0 Å². The number of rotatable bonds is 0. The molecule has 112 valence electrons. The van der Waals surface area contributed by atoms with Crippen LogP contribution in [0.15, 0.2) is 24.3 Å². The van der Waals surface area contributed by atoms with Crippen LogP contribution in [0.25, 0.3) is 0 Å². The number of amides is 1. The van der Waals surface area contributed by atoms with Crippen molar-refractivity contribution in [3.05, 3.63) is 46.5 Å². The smallest absolute Gasteiger partial charge is 0.409 e. The molecule has 0 N–H and O–H groups in total. The molecule has 0 saturated heterocycles. The Hall–Kier alpha value is -2.52. The van der Waals surface area contributed by atoms with Crippen LogP contribution in [0.3, 0.4) is 0 Å². The van der Waals surface area contributed by atoms with E-state index in [-0.39, 0.29) is 6.09 Å². The average molecular weight is 317 g/mol. The van der Waals surface area contributed by atoms with E-state index in [1.165, 1.54) is 7.11 Å². The number of carbonyl (C=O) groups is 1. The molecule has 1 amide bonds. The Labute approximate surface area is 132 Å². The Kier molecular flexibility index (Phi) is 3.98. The number of aromatic nitrogens is 3. The minimum atomic E-state index is -0.360. The molecule has 0 radical (unpaired) electrons. The largest absolute Gasteiger partial charge is 0.453 e. The predicted molar refractivity (Wildman–Crippen MR) is 80.3 cm³/mol. The van der Waals surface area contributed by atoms with Gasteiger partial charge in [0.25, 0.3) is 0 Å². The Bertz CT molecular complexity index is 775. The van der Waals surface area contributed by atoms with E-state index in [1.54, 1.807) is 17.0 Å². The van der Waals surface area contributed by atoms with Crippen molar-refractivity contribution in [3.8, 4) is 11.8 Å². The number of ether oxygens (including phenoxy) is 1. The third-order valence-corrected chi connectivity index (χ3v) is 3.56. The van der Waals surface area contributed by atoms with E-state index >= 15 is 0 Å². The van der Waals surface area contributed by atoms with Crippen molar-refractivity contribution in [1.82, 2.24) is 19.7 Å². The lowest BCUT2D eigenvalue weighted by Crippen LogP contribution is -2.38. The third kappa shape index (κ3) is 2.90. The summed E-state index contributed by atoms with van der Waals surface area (Å²) in [6, 6.07) is 7.32. The number of benzene rings is 1. The zero-order valence-corrected chi connectivity index (χ0v) is 12.7. The van der Waals surface area contributed by atoms with Crippen LogP contribution in [-0.4, -0.2) is 39.4 Å². The van der Waals surface area contributed by atoms with Gasteiger partial charge in [0.05, 0.1) is 13.7 Å². The standard InChI is InChI=1S/C15H13ClN4O2/c1-22-15(21)19-7-8-20-13(17-18-14(20)10-19)6-5-11-3-2-4-12(16)9-11/h2-4,9H,7-8,10H2,1H3. The number of hydrogen-bond donors (Lipinski definition) is 0. The SMILES string of the molecule is COC(=O)N1CCn2c(C#Cc3cccc(Cl)c3)nnc2C1. The molecule has 0 aliphatic carbocycles. The van der Waals surface area contributed by atoms with Gasteiger partial charge in [-0.15, -0.1) is 10.2 Å². The normalized spacial score (nSPS) is 13.1. The highest BCUT2D eigenvalue weighted by molar-refractivity contribution is 6.30. The Morgan fingerprint density at radius 1 is 1.32 bits per heavy atom. The van der Waals surface area contributed by atoms with Crippen LogP contribution in [0.4, 0.5) is 4.79 Å². The molecule has 3 rings (SSSR count). The van der Waals surface area contributed by atoms with E-state index in [4.69, 9.17) is 16.3 Å². The molecule has 0 fully saturated rings. The first-order valence-electron chi connectivity index (χ1n) is 6.70. The van der Waals surface area contributed by atoms with Crippen molar-refractivity contribution in [2.45, 2.75) is 13.1 Å². The van der Waals surface area contributed by atoms with Crippen molar-refractivity contribution in [2.75, 3.05) is 13.7 Å². The summed E-state index contributed by atoms with van der Waals surface area (Å²) in [6.45, 7) is 1.51. The first kappa shape index (κ1) is 14.4. The maximum atomic E-state index is 11.5. The van der Waals surface area contributed by atoms with Crippen molar-refractivity contribution >= 4 is 17.7 Å². The van der Waals surface area contributed by atoms with Gasteiger partial charge in [-0.3, -0.25) is 4.90 Å². The average Bonchev–Trinajstić information content (AvgIpc) is 2.94. The van der Waals surface area contributed by atoms with Crippen LogP contribution >= 0.6 is 11.6 Å². The second-order valence-corrected chi connectivity index (χ2v) is 5.18. The number of fused-ring (bicyclic) bond motifs is 1. The highest BCUT2D eigenvalue weighted by Gasteiger charge is 2.24. The Balaban J connectivity index is 1.82. The summed E-state index contributed by atoms with van der Waals surface area (Å²) in [5.74, 6) is 7.30. The number of nitrogens with zero attached hydrogens (tertiary/aromatic N) is 4. The maximum Gasteiger partial charge on any atom is 0.409 e. The quantitative estimate of drug-likeness (QED) is 0.697. The van der Waals surface area contributed by atoms with Crippen molar-refractivity contribution in [2.24, 2.45) is 0 Å². The summed E-state index contributed by atoms with van der Waals surface area (Å²) < 4.78 is 6.63. The Morgan fingerprint density at radius 2 is 2.18 bits per heavy atom. The zero-order chi connectivity index (χ0) is 15.5. The lowest BCUT2D eigenvalue weighted by molar-refractivity contribution is 0.111. The fourth-order valence-corrected chi connectivity index (χ4v) is 2.42. The fourth-order valence-electron chi connectivity index (χ4n) is 2.23. The van der Waals surface area contributed by atoms with Gasteiger partial charge < -0.3 is 9.30 Å². The highest BCUT2D eigenvalue weighted by Crippen LogP contribution is 2.13. The molecular weight excluding hydrogens is 304 g/mol. The molecule has 0 unspecified atom stereocenters. The molecule has 1 aromatic carbocycles. The van der Waals surface area contributed by atoms with Gasteiger partial charge in [-0.1, -0.05) is 23.6 Å². The fraction of sp³-hybridized carbons (Fsp3) is 0.267. The van der Waals surface area contributed by atoms with E-state index < -0.39 is 0 Å². The minimum Gasteiger partial charge on any atom is -0.453 e. The third-order valence-electron chi connectivity index (χ3n) is 3.33. The first-order chi connectivity index (χ1) is 10.7. The molecule has 6 nitrogen and oxygen atoms in total. The topological polar surface area (TPSA) is 60.2 Å². The van der Waals surface area contributed by atoms with Crippen LogP contribution in [0.1, 0.15) is 17.2 Å². The van der Waals surface area contributed by atoms with Gasteiger partial charge in [0.2, 0.25) is 5.82 Å². The van der Waals surface area contributed by atoms with E-state index in [2.05, 4.69) is 22.0 Å². The number of carbonyl (C=O) groups excluding carboxylic acids is 1. The molecule has 2 heterocycles. The van der Waals surface area contributed by atoms with Crippen LogP contribution in [-0.2, 0) is 17.8 Å². The van der Waals surface area contributed by atoms with Crippen molar-refractivity contribution in [3.63, 3.8) is 0 Å². The monoisotopic (exact) mass is 316 g/mol. The zero-order valence-electron chi connectivity index (χ0n) is 11.9. The molecule has 1 aliphatic heterocycles. The second-order valence-electron chi connectivity index (χ2n) is 4.74. The first-order valence-corrected chi connectivity index (χ1v) is 7.08. The van der Waals surface area contributed by atoms with Gasteiger partial charge in [-0.25, -0.2) is 4.79 Å². The molecule has 0 bridgehead atoms. The van der Waals surface area contributed by atoms with E-state index in [0.717, 1.165) is 5.56 Å². The highest BCUT2D eigenvalue weighted by atomic mass is 35.5. The molecule has 0 atom stereocenters. The second kappa shape index (κ2) is 6.08. The van der Waals surface area contributed by atoms with Gasteiger partial charge >= 0.3 is 6.09 Å². The summed E-state index contributed by atoms with van der Waals surface area (Å²) >= 11 is 5.93. The lowest BCUT2D eigenvalue weighted by Gasteiger charge is -2.25.